The Morgan fingerprint density at radius 3 is 2.62 bits per heavy atom. The van der Waals surface area contributed by atoms with Gasteiger partial charge in [0.25, 0.3) is 5.91 Å². The van der Waals surface area contributed by atoms with Gasteiger partial charge in [-0.3, -0.25) is 9.69 Å². The maximum atomic E-state index is 12.7. The molecule has 2 aromatic rings. The van der Waals surface area contributed by atoms with Crippen molar-refractivity contribution >= 4 is 23.5 Å². The van der Waals surface area contributed by atoms with Crippen LogP contribution < -0.4 is 5.32 Å². The van der Waals surface area contributed by atoms with Crippen molar-refractivity contribution in [3.8, 4) is 0 Å². The Balaban J connectivity index is 1.88. The maximum Gasteiger partial charge on any atom is 0.325 e. The van der Waals surface area contributed by atoms with Crippen molar-refractivity contribution in [1.29, 1.82) is 0 Å². The minimum Gasteiger partial charge on any atom is -0.319 e. The lowest BCUT2D eigenvalue weighted by molar-refractivity contribution is -0.131. The van der Waals surface area contributed by atoms with E-state index in [-0.39, 0.29) is 18.5 Å². The average molecular weight is 301 g/mol. The average Bonchev–Trinajstić information content (AvgIpc) is 2.98. The fourth-order valence-corrected chi connectivity index (χ4v) is 3.18. The molecule has 1 aliphatic rings. The molecule has 3 rings (SSSR count). The molecule has 0 aliphatic carbocycles. The third-order valence-electron chi connectivity index (χ3n) is 3.62. The van der Waals surface area contributed by atoms with E-state index in [0.29, 0.717) is 0 Å². The number of hydrogen-bond acceptors (Lipinski definition) is 4. The Morgan fingerprint density at radius 1 is 1.29 bits per heavy atom. The zero-order valence-electron chi connectivity index (χ0n) is 11.8. The zero-order valence-corrected chi connectivity index (χ0v) is 12.6. The van der Waals surface area contributed by atoms with Gasteiger partial charge in [-0.2, -0.15) is 4.37 Å². The van der Waals surface area contributed by atoms with Crippen LogP contribution in [0, 0.1) is 6.92 Å². The van der Waals surface area contributed by atoms with E-state index in [1.54, 1.807) is 6.92 Å². The summed E-state index contributed by atoms with van der Waals surface area (Å²) in [7, 11) is 0. The van der Waals surface area contributed by atoms with Crippen molar-refractivity contribution in [3.05, 3.63) is 52.5 Å². The van der Waals surface area contributed by atoms with E-state index in [2.05, 4.69) is 9.69 Å². The van der Waals surface area contributed by atoms with Crippen molar-refractivity contribution in [2.24, 2.45) is 0 Å². The number of amides is 3. The second-order valence-electron chi connectivity index (χ2n) is 5.25. The van der Waals surface area contributed by atoms with E-state index in [4.69, 9.17) is 0 Å². The number of nitrogens with one attached hydrogen (secondary N) is 1. The number of nitrogens with zero attached hydrogens (tertiary/aromatic N) is 2. The molecule has 5 nitrogen and oxygen atoms in total. The first-order chi connectivity index (χ1) is 10.0. The fraction of sp³-hybridized carbons (Fsp3) is 0.267. The molecule has 21 heavy (non-hydrogen) atoms. The molecule has 6 heteroatoms. The Bertz CT molecular complexity index is 698. The molecule has 0 saturated carbocycles. The zero-order chi connectivity index (χ0) is 15.0. The summed E-state index contributed by atoms with van der Waals surface area (Å²) in [6, 6.07) is 10.8. The number of urea groups is 1. The van der Waals surface area contributed by atoms with Gasteiger partial charge in [0.05, 0.1) is 12.2 Å². The van der Waals surface area contributed by atoms with Crippen LogP contribution in [0.3, 0.4) is 0 Å². The van der Waals surface area contributed by atoms with Gasteiger partial charge in [-0.25, -0.2) is 4.79 Å². The van der Waals surface area contributed by atoms with E-state index >= 15 is 0 Å². The molecule has 1 aliphatic heterocycles. The van der Waals surface area contributed by atoms with Gasteiger partial charge in [-0.15, -0.1) is 0 Å². The van der Waals surface area contributed by atoms with Crippen LogP contribution in [-0.4, -0.2) is 21.2 Å². The molecule has 0 bridgehead atoms. The Hall–Kier alpha value is -2.21. The lowest BCUT2D eigenvalue weighted by Crippen LogP contribution is -2.40. The van der Waals surface area contributed by atoms with Crippen LogP contribution in [0.5, 0.6) is 0 Å². The molecule has 1 N–H and O–H groups in total. The Labute approximate surface area is 126 Å². The van der Waals surface area contributed by atoms with Crippen LogP contribution in [0.25, 0.3) is 0 Å². The highest BCUT2D eigenvalue weighted by molar-refractivity contribution is 7.05. The molecule has 1 atom stereocenters. The molecule has 3 amide bonds. The van der Waals surface area contributed by atoms with Gasteiger partial charge in [0.1, 0.15) is 5.54 Å². The van der Waals surface area contributed by atoms with Crippen LogP contribution in [-0.2, 0) is 16.9 Å². The number of rotatable bonds is 3. The third-order valence-corrected chi connectivity index (χ3v) is 4.48. The molecule has 2 heterocycles. The van der Waals surface area contributed by atoms with Crippen molar-refractivity contribution < 1.29 is 9.59 Å². The number of aryl methyl sites for hydroxylation is 1. The number of benzene rings is 1. The van der Waals surface area contributed by atoms with Crippen molar-refractivity contribution in [2.45, 2.75) is 25.9 Å². The molecule has 1 aromatic heterocycles. The van der Waals surface area contributed by atoms with Crippen LogP contribution >= 0.6 is 11.5 Å². The lowest BCUT2D eigenvalue weighted by Gasteiger charge is -2.21. The predicted octanol–water partition coefficient (Wildman–Crippen LogP) is 2.42. The molecule has 1 saturated heterocycles. The monoisotopic (exact) mass is 301 g/mol. The van der Waals surface area contributed by atoms with Crippen molar-refractivity contribution in [2.75, 3.05) is 0 Å². The molecule has 0 radical (unpaired) electrons. The Kier molecular flexibility index (Phi) is 3.25. The summed E-state index contributed by atoms with van der Waals surface area (Å²) in [5.41, 5.74) is 0.678. The van der Waals surface area contributed by atoms with E-state index < -0.39 is 5.54 Å². The van der Waals surface area contributed by atoms with Crippen LogP contribution in [0.2, 0.25) is 0 Å². The third kappa shape index (κ3) is 2.31. The molecule has 0 unspecified atom stereocenters. The minimum absolute atomic E-state index is 0.232. The second-order valence-corrected chi connectivity index (χ2v) is 6.14. The minimum atomic E-state index is -1.00. The van der Waals surface area contributed by atoms with E-state index in [1.807, 2.05) is 43.3 Å². The SMILES string of the molecule is Cc1cc(CN2C(=O)N[C@](C)(c3ccccc3)C2=O)sn1. The smallest absolute Gasteiger partial charge is 0.319 e. The fourth-order valence-electron chi connectivity index (χ4n) is 2.45. The predicted molar refractivity (Wildman–Crippen MR) is 79.7 cm³/mol. The summed E-state index contributed by atoms with van der Waals surface area (Å²) in [6.07, 6.45) is 0. The molecule has 0 spiro atoms. The standard InChI is InChI=1S/C15H15N3O2S/c1-10-8-12(21-17-10)9-18-13(19)15(2,16-14(18)20)11-6-4-3-5-7-11/h3-8H,9H2,1-2H3,(H,16,20)/t15-/m1/s1. The molecule has 108 valence electrons. The van der Waals surface area contributed by atoms with Crippen LogP contribution in [0.1, 0.15) is 23.1 Å². The number of hydrogen-bond donors (Lipinski definition) is 1. The van der Waals surface area contributed by atoms with Gasteiger partial charge in [0, 0.05) is 4.88 Å². The number of imide groups is 1. The Morgan fingerprint density at radius 2 is 2.00 bits per heavy atom. The van der Waals surface area contributed by atoms with Gasteiger partial charge in [-0.1, -0.05) is 30.3 Å². The number of aromatic nitrogens is 1. The highest BCUT2D eigenvalue weighted by Crippen LogP contribution is 2.30. The summed E-state index contributed by atoms with van der Waals surface area (Å²) in [5, 5.41) is 2.80. The lowest BCUT2D eigenvalue weighted by atomic mass is 9.92. The first-order valence-electron chi connectivity index (χ1n) is 6.62. The molecular formula is C15H15N3O2S. The van der Waals surface area contributed by atoms with Gasteiger partial charge >= 0.3 is 6.03 Å². The quantitative estimate of drug-likeness (QED) is 0.886. The highest BCUT2D eigenvalue weighted by Gasteiger charge is 2.48. The summed E-state index contributed by atoms with van der Waals surface area (Å²) >= 11 is 1.31. The second kappa shape index (κ2) is 4.96. The number of carbonyl (C=O) groups excluding carboxylic acids is 2. The van der Waals surface area contributed by atoms with E-state index in [0.717, 1.165) is 16.1 Å². The summed E-state index contributed by atoms with van der Waals surface area (Å²) < 4.78 is 4.18. The largest absolute Gasteiger partial charge is 0.325 e. The highest BCUT2D eigenvalue weighted by atomic mass is 32.1. The first-order valence-corrected chi connectivity index (χ1v) is 7.40. The van der Waals surface area contributed by atoms with E-state index in [9.17, 15) is 9.59 Å². The van der Waals surface area contributed by atoms with Gasteiger partial charge in [0.15, 0.2) is 0 Å². The summed E-state index contributed by atoms with van der Waals surface area (Å²) in [6.45, 7) is 3.89. The summed E-state index contributed by atoms with van der Waals surface area (Å²) in [5.74, 6) is -0.232. The molecule has 1 aromatic carbocycles. The summed E-state index contributed by atoms with van der Waals surface area (Å²) in [4.78, 5) is 27.0. The van der Waals surface area contributed by atoms with Crippen molar-refractivity contribution in [1.82, 2.24) is 14.6 Å². The van der Waals surface area contributed by atoms with Gasteiger partial charge < -0.3 is 5.32 Å². The van der Waals surface area contributed by atoms with Crippen molar-refractivity contribution in [3.63, 3.8) is 0 Å². The van der Waals surface area contributed by atoms with E-state index in [1.165, 1.54) is 16.4 Å². The van der Waals surface area contributed by atoms with Gasteiger partial charge in [0.2, 0.25) is 0 Å². The molecular weight excluding hydrogens is 286 g/mol. The topological polar surface area (TPSA) is 62.3 Å². The maximum absolute atomic E-state index is 12.7. The first kappa shape index (κ1) is 13.8. The molecule has 1 fully saturated rings. The number of carbonyl (C=O) groups is 2. The van der Waals surface area contributed by atoms with Crippen LogP contribution in [0.15, 0.2) is 36.4 Å². The van der Waals surface area contributed by atoms with Crippen LogP contribution in [0.4, 0.5) is 4.79 Å². The normalized spacial score (nSPS) is 21.7. The van der Waals surface area contributed by atoms with Gasteiger partial charge in [-0.05, 0) is 37.0 Å².